The van der Waals surface area contributed by atoms with Crippen LogP contribution < -0.4 is 4.90 Å². The smallest absolute Gasteiger partial charge is 0.294 e. The van der Waals surface area contributed by atoms with Crippen LogP contribution in [0.1, 0.15) is 38.8 Å². The van der Waals surface area contributed by atoms with Crippen molar-refractivity contribution in [3.63, 3.8) is 0 Å². The number of nitrogens with zero attached hydrogens (tertiary/aromatic N) is 2. The minimum Gasteiger partial charge on any atom is -0.363 e. The van der Waals surface area contributed by atoms with Gasteiger partial charge >= 0.3 is 0 Å². The van der Waals surface area contributed by atoms with Crippen LogP contribution in [-0.4, -0.2) is 34.7 Å². The van der Waals surface area contributed by atoms with Crippen molar-refractivity contribution in [2.45, 2.75) is 33.2 Å². The van der Waals surface area contributed by atoms with Crippen molar-refractivity contribution in [1.29, 1.82) is 0 Å². The van der Waals surface area contributed by atoms with Crippen LogP contribution in [0.25, 0.3) is 11.6 Å². The molecule has 3 rings (SSSR count). The summed E-state index contributed by atoms with van der Waals surface area (Å²) in [7, 11) is 0. The monoisotopic (exact) mass is 366 g/mol. The molecular formula is C21H22N2O2S. The Bertz CT molecular complexity index is 890. The zero-order chi connectivity index (χ0) is 19.1. The van der Waals surface area contributed by atoms with E-state index in [1.165, 1.54) is 11.3 Å². The van der Waals surface area contributed by atoms with Crippen LogP contribution in [0.15, 0.2) is 29.2 Å². The lowest BCUT2D eigenvalue weighted by atomic mass is 9.88. The maximum Gasteiger partial charge on any atom is 0.294 e. The molecule has 0 radical (unpaired) electrons. The first kappa shape index (κ1) is 18.3. The van der Waals surface area contributed by atoms with Gasteiger partial charge in [0.25, 0.3) is 11.1 Å². The number of imide groups is 1. The summed E-state index contributed by atoms with van der Waals surface area (Å²) in [5.41, 5.74) is 4.42. The Morgan fingerprint density at radius 1 is 1.31 bits per heavy atom. The quantitative estimate of drug-likeness (QED) is 0.588. The maximum atomic E-state index is 12.3. The Balaban J connectivity index is 1.98. The molecule has 0 aromatic heterocycles. The van der Waals surface area contributed by atoms with Gasteiger partial charge in [-0.05, 0) is 68.8 Å². The van der Waals surface area contributed by atoms with Gasteiger partial charge in [-0.1, -0.05) is 18.1 Å². The molecule has 26 heavy (non-hydrogen) atoms. The van der Waals surface area contributed by atoms with Crippen LogP contribution in [0.5, 0.6) is 0 Å². The molecule has 5 heteroatoms. The second-order valence-electron chi connectivity index (χ2n) is 6.97. The molecule has 0 spiro atoms. The molecular weight excluding hydrogens is 344 g/mol. The SMILES string of the molecule is C#CCN1C(=O)S/C(=C\c2ccc3c(c2)C(C)=CC(C)(C)N3CC)C1=O. The number of hydrogen-bond acceptors (Lipinski definition) is 4. The largest absolute Gasteiger partial charge is 0.363 e. The van der Waals surface area contributed by atoms with Gasteiger partial charge in [-0.2, -0.15) is 0 Å². The number of terminal acetylenes is 1. The number of carbonyl (C=O) groups excluding carboxylic acids is 2. The predicted octanol–water partition coefficient (Wildman–Crippen LogP) is 4.38. The average molecular weight is 366 g/mol. The lowest BCUT2D eigenvalue weighted by Crippen LogP contribution is -2.44. The average Bonchev–Trinajstić information content (AvgIpc) is 2.83. The molecule has 1 saturated heterocycles. The highest BCUT2D eigenvalue weighted by molar-refractivity contribution is 8.18. The number of fused-ring (bicyclic) bond motifs is 1. The molecule has 0 aliphatic carbocycles. The fourth-order valence-electron chi connectivity index (χ4n) is 3.65. The summed E-state index contributed by atoms with van der Waals surface area (Å²) in [5, 5.41) is -0.313. The fourth-order valence-corrected chi connectivity index (χ4v) is 4.49. The molecule has 0 N–H and O–H groups in total. The molecule has 2 heterocycles. The number of benzene rings is 1. The third-order valence-electron chi connectivity index (χ3n) is 4.74. The molecule has 1 fully saturated rings. The van der Waals surface area contributed by atoms with Crippen molar-refractivity contribution in [3.8, 4) is 12.3 Å². The number of carbonyl (C=O) groups is 2. The van der Waals surface area contributed by atoms with Crippen LogP contribution in [-0.2, 0) is 4.79 Å². The van der Waals surface area contributed by atoms with Gasteiger partial charge in [0.15, 0.2) is 0 Å². The van der Waals surface area contributed by atoms with Gasteiger partial charge in [-0.25, -0.2) is 0 Å². The number of allylic oxidation sites excluding steroid dienone is 1. The molecule has 0 atom stereocenters. The van der Waals surface area contributed by atoms with Gasteiger partial charge in [0.05, 0.1) is 17.0 Å². The summed E-state index contributed by atoms with van der Waals surface area (Å²) in [6, 6.07) is 6.16. The Morgan fingerprint density at radius 2 is 2.04 bits per heavy atom. The van der Waals surface area contributed by atoms with E-state index in [1.54, 1.807) is 6.08 Å². The van der Waals surface area contributed by atoms with Crippen molar-refractivity contribution in [2.75, 3.05) is 18.0 Å². The summed E-state index contributed by atoms with van der Waals surface area (Å²) < 4.78 is 0. The molecule has 4 nitrogen and oxygen atoms in total. The summed E-state index contributed by atoms with van der Waals surface area (Å²) in [4.78, 5) is 28.1. The van der Waals surface area contributed by atoms with E-state index in [0.717, 1.165) is 34.3 Å². The molecule has 0 saturated carbocycles. The fraction of sp³-hybridized carbons (Fsp3) is 0.333. The first-order valence-corrected chi connectivity index (χ1v) is 9.40. The van der Waals surface area contributed by atoms with Crippen molar-refractivity contribution in [1.82, 2.24) is 4.90 Å². The van der Waals surface area contributed by atoms with Crippen molar-refractivity contribution in [3.05, 3.63) is 40.3 Å². The number of thioether (sulfide) groups is 1. The van der Waals surface area contributed by atoms with Crippen LogP contribution in [0.2, 0.25) is 0 Å². The zero-order valence-corrected chi connectivity index (χ0v) is 16.3. The molecule has 2 amide bonds. The van der Waals surface area contributed by atoms with Gasteiger partial charge in [-0.15, -0.1) is 6.42 Å². The third-order valence-corrected chi connectivity index (χ3v) is 5.65. The van der Waals surface area contributed by atoms with E-state index in [2.05, 4.69) is 56.7 Å². The van der Waals surface area contributed by atoms with Crippen LogP contribution in [0.3, 0.4) is 0 Å². The van der Waals surface area contributed by atoms with Gasteiger partial charge < -0.3 is 4.90 Å². The Kier molecular flexibility index (Phi) is 4.72. The third kappa shape index (κ3) is 3.06. The highest BCUT2D eigenvalue weighted by atomic mass is 32.2. The highest BCUT2D eigenvalue weighted by Gasteiger charge is 2.34. The van der Waals surface area contributed by atoms with E-state index in [0.29, 0.717) is 4.91 Å². The van der Waals surface area contributed by atoms with Crippen LogP contribution >= 0.6 is 11.8 Å². The van der Waals surface area contributed by atoms with Crippen LogP contribution in [0.4, 0.5) is 10.5 Å². The zero-order valence-electron chi connectivity index (χ0n) is 15.5. The highest BCUT2D eigenvalue weighted by Crippen LogP contribution is 2.40. The Hall–Kier alpha value is -2.45. The first-order valence-electron chi connectivity index (χ1n) is 8.59. The minimum atomic E-state index is -0.320. The van der Waals surface area contributed by atoms with Gasteiger partial charge in [0.1, 0.15) is 0 Å². The van der Waals surface area contributed by atoms with E-state index in [1.807, 2.05) is 6.07 Å². The molecule has 0 unspecified atom stereocenters. The van der Waals surface area contributed by atoms with Crippen molar-refractivity contribution < 1.29 is 9.59 Å². The summed E-state index contributed by atoms with van der Waals surface area (Å²) in [5.74, 6) is 2.03. The molecule has 134 valence electrons. The maximum absolute atomic E-state index is 12.3. The Labute approximate surface area is 158 Å². The first-order chi connectivity index (χ1) is 12.3. The van der Waals surface area contributed by atoms with E-state index in [-0.39, 0.29) is 23.2 Å². The van der Waals surface area contributed by atoms with Crippen LogP contribution in [0, 0.1) is 12.3 Å². The number of hydrogen-bond donors (Lipinski definition) is 0. The van der Waals surface area contributed by atoms with Crippen molar-refractivity contribution in [2.24, 2.45) is 0 Å². The lowest BCUT2D eigenvalue weighted by molar-refractivity contribution is -0.122. The normalized spacial score (nSPS) is 20.3. The summed E-state index contributed by atoms with van der Waals surface area (Å²) in [6.45, 7) is 9.59. The molecule has 1 aromatic rings. The summed E-state index contributed by atoms with van der Waals surface area (Å²) in [6.07, 6.45) is 9.27. The second-order valence-corrected chi connectivity index (χ2v) is 7.97. The molecule has 2 aliphatic rings. The standard InChI is InChI=1S/C21H22N2O2S/c1-6-10-22-19(24)18(26-20(22)25)12-15-8-9-17-16(11-15)14(3)13-21(4,5)23(17)7-2/h1,8-9,11-13H,7,10H2,2-5H3/b18-12-. The van der Waals surface area contributed by atoms with E-state index in [4.69, 9.17) is 6.42 Å². The number of rotatable bonds is 3. The van der Waals surface area contributed by atoms with Crippen molar-refractivity contribution >= 4 is 40.2 Å². The number of anilines is 1. The van der Waals surface area contributed by atoms with Gasteiger partial charge in [0.2, 0.25) is 0 Å². The molecule has 2 aliphatic heterocycles. The van der Waals surface area contributed by atoms with Gasteiger partial charge in [0, 0.05) is 17.8 Å². The minimum absolute atomic E-state index is 0.00851. The second kappa shape index (κ2) is 6.69. The molecule has 1 aromatic carbocycles. The predicted molar refractivity (Wildman–Crippen MR) is 109 cm³/mol. The topological polar surface area (TPSA) is 40.6 Å². The number of amides is 2. The van der Waals surface area contributed by atoms with E-state index in [9.17, 15) is 9.59 Å². The van der Waals surface area contributed by atoms with Gasteiger partial charge in [-0.3, -0.25) is 14.5 Å². The van der Waals surface area contributed by atoms with E-state index < -0.39 is 0 Å². The number of likely N-dealkylation sites (N-methyl/N-ethyl adjacent to an activating group) is 1. The Morgan fingerprint density at radius 3 is 2.69 bits per heavy atom. The van der Waals surface area contributed by atoms with E-state index >= 15 is 0 Å². The summed E-state index contributed by atoms with van der Waals surface area (Å²) >= 11 is 0.938. The molecule has 0 bridgehead atoms. The lowest BCUT2D eigenvalue weighted by Gasteiger charge is -2.42.